The molecule has 0 bridgehead atoms. The van der Waals surface area contributed by atoms with Gasteiger partial charge in [0.2, 0.25) is 5.95 Å². The highest BCUT2D eigenvalue weighted by Crippen LogP contribution is 2.24. The molecule has 0 spiro atoms. The molecule has 156 valence electrons. The van der Waals surface area contributed by atoms with Gasteiger partial charge in [-0.1, -0.05) is 18.9 Å². The number of rotatable bonds is 3. The van der Waals surface area contributed by atoms with Crippen molar-refractivity contribution in [3.8, 4) is 5.69 Å². The zero-order chi connectivity index (χ0) is 21.3. The standard InChI is InChI=1S/C23H24FN3O3/c1-15-7-9-17(14-19(15)24)27-21(28)18-10-8-16(22(29)30-2)13-20(18)25-23(27)26-11-5-3-4-6-12-26/h7-10,13-14H,3-6,11-12H2,1-2H3. The van der Waals surface area contributed by atoms with Gasteiger partial charge in [-0.15, -0.1) is 0 Å². The maximum atomic E-state index is 14.3. The molecule has 0 N–H and O–H groups in total. The number of hydrogen-bond donors (Lipinski definition) is 0. The Morgan fingerprint density at radius 1 is 1.07 bits per heavy atom. The predicted octanol–water partition coefficient (Wildman–Crippen LogP) is 4.00. The largest absolute Gasteiger partial charge is 0.465 e. The van der Waals surface area contributed by atoms with Crippen molar-refractivity contribution in [3.05, 3.63) is 63.7 Å². The Labute approximate surface area is 173 Å². The quantitative estimate of drug-likeness (QED) is 0.612. The molecule has 4 rings (SSSR count). The van der Waals surface area contributed by atoms with E-state index >= 15 is 0 Å². The zero-order valence-electron chi connectivity index (χ0n) is 17.2. The topological polar surface area (TPSA) is 64.4 Å². The molecule has 2 aromatic carbocycles. The van der Waals surface area contributed by atoms with Crippen molar-refractivity contribution >= 4 is 22.8 Å². The molecule has 1 aromatic heterocycles. The summed E-state index contributed by atoms with van der Waals surface area (Å²) in [6.07, 6.45) is 4.25. The van der Waals surface area contributed by atoms with Crippen LogP contribution in [0.25, 0.3) is 16.6 Å². The number of ether oxygens (including phenoxy) is 1. The lowest BCUT2D eigenvalue weighted by Gasteiger charge is -2.25. The summed E-state index contributed by atoms with van der Waals surface area (Å²) in [5, 5.41) is 0.363. The molecule has 1 fully saturated rings. The summed E-state index contributed by atoms with van der Waals surface area (Å²) in [5.74, 6) is -0.387. The van der Waals surface area contributed by atoms with Crippen LogP contribution in [0.4, 0.5) is 10.3 Å². The molecule has 0 aliphatic carbocycles. The fraction of sp³-hybridized carbons (Fsp3) is 0.348. The summed E-state index contributed by atoms with van der Waals surface area (Å²) in [5.41, 5.74) is 1.41. The van der Waals surface area contributed by atoms with Gasteiger partial charge in [0, 0.05) is 13.1 Å². The highest BCUT2D eigenvalue weighted by atomic mass is 19.1. The van der Waals surface area contributed by atoms with Crippen molar-refractivity contribution in [2.24, 2.45) is 0 Å². The molecule has 0 amide bonds. The summed E-state index contributed by atoms with van der Waals surface area (Å²) in [6, 6.07) is 9.46. The minimum absolute atomic E-state index is 0.293. The number of aromatic nitrogens is 2. The van der Waals surface area contributed by atoms with Crippen LogP contribution in [0.3, 0.4) is 0 Å². The first-order valence-electron chi connectivity index (χ1n) is 10.2. The van der Waals surface area contributed by atoms with Crippen LogP contribution in [-0.2, 0) is 4.74 Å². The van der Waals surface area contributed by atoms with Gasteiger partial charge < -0.3 is 9.64 Å². The smallest absolute Gasteiger partial charge is 0.337 e. The van der Waals surface area contributed by atoms with Crippen LogP contribution in [0.15, 0.2) is 41.2 Å². The van der Waals surface area contributed by atoms with Gasteiger partial charge in [0.05, 0.1) is 29.3 Å². The molecule has 1 saturated heterocycles. The first-order chi connectivity index (χ1) is 14.5. The van der Waals surface area contributed by atoms with Gasteiger partial charge in [-0.2, -0.15) is 0 Å². The number of methoxy groups -OCH3 is 1. The van der Waals surface area contributed by atoms with E-state index in [1.807, 2.05) is 0 Å². The van der Waals surface area contributed by atoms with Gasteiger partial charge in [-0.05, 0) is 55.7 Å². The minimum atomic E-state index is -0.486. The molecular weight excluding hydrogens is 385 g/mol. The SMILES string of the molecule is COC(=O)c1ccc2c(=O)n(-c3ccc(C)c(F)c3)c(N3CCCCCC3)nc2c1. The average molecular weight is 409 g/mol. The Kier molecular flexibility index (Phi) is 5.53. The van der Waals surface area contributed by atoms with Gasteiger partial charge in [0.1, 0.15) is 5.82 Å². The molecule has 30 heavy (non-hydrogen) atoms. The van der Waals surface area contributed by atoms with Crippen molar-refractivity contribution in [1.29, 1.82) is 0 Å². The van der Waals surface area contributed by atoms with Crippen molar-refractivity contribution in [2.45, 2.75) is 32.6 Å². The number of halogens is 1. The number of esters is 1. The first-order valence-corrected chi connectivity index (χ1v) is 10.2. The van der Waals surface area contributed by atoms with Gasteiger partial charge in [0.15, 0.2) is 0 Å². The Balaban J connectivity index is 1.98. The number of benzene rings is 2. The molecule has 1 aliphatic rings. The van der Waals surface area contributed by atoms with Crippen LogP contribution < -0.4 is 10.5 Å². The number of carbonyl (C=O) groups excluding carboxylic acids is 1. The average Bonchev–Trinajstić information content (AvgIpc) is 3.04. The first kappa shape index (κ1) is 20.1. The molecule has 0 atom stereocenters. The molecule has 0 unspecified atom stereocenters. The van der Waals surface area contributed by atoms with E-state index in [0.29, 0.717) is 33.7 Å². The molecular formula is C23H24FN3O3. The number of anilines is 1. The molecule has 6 nitrogen and oxygen atoms in total. The maximum Gasteiger partial charge on any atom is 0.337 e. The molecule has 1 aliphatic heterocycles. The summed E-state index contributed by atoms with van der Waals surface area (Å²) < 4.78 is 20.6. The van der Waals surface area contributed by atoms with E-state index < -0.39 is 5.97 Å². The van der Waals surface area contributed by atoms with Crippen LogP contribution in [0.1, 0.15) is 41.6 Å². The number of fused-ring (bicyclic) bond motifs is 1. The fourth-order valence-electron chi connectivity index (χ4n) is 3.86. The lowest BCUT2D eigenvalue weighted by molar-refractivity contribution is 0.0601. The summed E-state index contributed by atoms with van der Waals surface area (Å²) in [7, 11) is 1.31. The number of hydrogen-bond acceptors (Lipinski definition) is 5. The summed E-state index contributed by atoms with van der Waals surface area (Å²) in [4.78, 5) is 32.3. The Morgan fingerprint density at radius 2 is 1.80 bits per heavy atom. The monoisotopic (exact) mass is 409 g/mol. The predicted molar refractivity (Wildman–Crippen MR) is 114 cm³/mol. The van der Waals surface area contributed by atoms with Crippen LogP contribution >= 0.6 is 0 Å². The van der Waals surface area contributed by atoms with Gasteiger partial charge in [0.25, 0.3) is 5.56 Å². The fourth-order valence-corrected chi connectivity index (χ4v) is 3.86. The van der Waals surface area contributed by atoms with E-state index in [1.54, 1.807) is 37.3 Å². The minimum Gasteiger partial charge on any atom is -0.465 e. The van der Waals surface area contributed by atoms with Crippen molar-refractivity contribution in [1.82, 2.24) is 9.55 Å². The second kappa shape index (κ2) is 8.26. The number of carbonyl (C=O) groups is 1. The lowest BCUT2D eigenvalue weighted by atomic mass is 10.1. The lowest BCUT2D eigenvalue weighted by Crippen LogP contribution is -2.33. The van der Waals surface area contributed by atoms with E-state index in [1.165, 1.54) is 17.7 Å². The number of aryl methyl sites for hydroxylation is 1. The Morgan fingerprint density at radius 3 is 2.47 bits per heavy atom. The van der Waals surface area contributed by atoms with Gasteiger partial charge in [-0.25, -0.2) is 18.7 Å². The number of nitrogens with zero attached hydrogens (tertiary/aromatic N) is 3. The van der Waals surface area contributed by atoms with Crippen LogP contribution in [0.5, 0.6) is 0 Å². The molecule has 3 aromatic rings. The van der Waals surface area contributed by atoms with Crippen molar-refractivity contribution in [2.75, 3.05) is 25.1 Å². The summed E-state index contributed by atoms with van der Waals surface area (Å²) in [6.45, 7) is 3.22. The van der Waals surface area contributed by atoms with E-state index in [9.17, 15) is 14.0 Å². The highest BCUT2D eigenvalue weighted by molar-refractivity contribution is 5.94. The third-order valence-corrected chi connectivity index (χ3v) is 5.58. The second-order valence-corrected chi connectivity index (χ2v) is 7.61. The molecule has 0 saturated carbocycles. The molecule has 7 heteroatoms. The summed E-state index contributed by atoms with van der Waals surface area (Å²) >= 11 is 0. The van der Waals surface area contributed by atoms with E-state index in [0.717, 1.165) is 38.8 Å². The van der Waals surface area contributed by atoms with E-state index in [-0.39, 0.29) is 11.4 Å². The van der Waals surface area contributed by atoms with Crippen molar-refractivity contribution < 1.29 is 13.9 Å². The van der Waals surface area contributed by atoms with E-state index in [2.05, 4.69) is 4.90 Å². The third kappa shape index (κ3) is 3.67. The second-order valence-electron chi connectivity index (χ2n) is 7.61. The van der Waals surface area contributed by atoms with Crippen LogP contribution in [-0.4, -0.2) is 35.7 Å². The molecule has 2 heterocycles. The van der Waals surface area contributed by atoms with Gasteiger partial charge >= 0.3 is 5.97 Å². The maximum absolute atomic E-state index is 14.3. The Hall–Kier alpha value is -3.22. The Bertz CT molecular complexity index is 1160. The van der Waals surface area contributed by atoms with Gasteiger partial charge in [-0.3, -0.25) is 4.79 Å². The normalized spacial score (nSPS) is 14.6. The zero-order valence-corrected chi connectivity index (χ0v) is 17.2. The third-order valence-electron chi connectivity index (χ3n) is 5.58. The van der Waals surface area contributed by atoms with Crippen LogP contribution in [0, 0.1) is 12.7 Å². The van der Waals surface area contributed by atoms with Crippen LogP contribution in [0.2, 0.25) is 0 Å². The van der Waals surface area contributed by atoms with E-state index in [4.69, 9.17) is 9.72 Å². The highest BCUT2D eigenvalue weighted by Gasteiger charge is 2.21. The molecule has 0 radical (unpaired) electrons. The van der Waals surface area contributed by atoms with Crippen molar-refractivity contribution in [3.63, 3.8) is 0 Å².